The number of hydrogen-bond donors (Lipinski definition) is 0. The minimum Gasteiger partial charge on any atom is -0.0841 e. The molecular formula is C30H48. The van der Waals surface area contributed by atoms with Gasteiger partial charge in [-0.3, -0.25) is 0 Å². The fourth-order valence-electron chi connectivity index (χ4n) is 9.75. The molecule has 0 saturated heterocycles. The minimum absolute atomic E-state index is 0.419. The van der Waals surface area contributed by atoms with Crippen LogP contribution >= 0.6 is 0 Å². The predicted octanol–water partition coefficient (Wildman–Crippen LogP) is 9.12. The SMILES string of the molecule is CC(C)C1=C2CC[C@]3(C)[C@H](CC=C4[C@@H]5CC(C)(C)CC[C@]5(C)CC[C@]43C)[C@@]2(C)CC1. The van der Waals surface area contributed by atoms with Gasteiger partial charge in [0.2, 0.25) is 0 Å². The standard InChI is InChI=1S/C30H48/c1-20(2)21-11-13-28(6)22(21)12-14-30(8)25(28)10-9-23-24-19-26(3,4)15-16-27(24,5)17-18-29(23,30)7/h9,20,24-25H,10-19H2,1-8H3/t24-,25+,27+,28-,29+,30+/m0/s1. The number of allylic oxidation sites excluding steroid dienone is 4. The molecule has 5 aliphatic rings. The molecular weight excluding hydrogens is 360 g/mol. The maximum Gasteiger partial charge on any atom is -0.00563 e. The first-order valence-electron chi connectivity index (χ1n) is 13.3. The van der Waals surface area contributed by atoms with Crippen LogP contribution in [0.2, 0.25) is 0 Å². The second-order valence-electron chi connectivity index (χ2n) is 14.3. The van der Waals surface area contributed by atoms with E-state index < -0.39 is 0 Å². The van der Waals surface area contributed by atoms with E-state index in [1.54, 1.807) is 0 Å². The Morgan fingerprint density at radius 3 is 2.23 bits per heavy atom. The van der Waals surface area contributed by atoms with Crippen molar-refractivity contribution in [3.8, 4) is 0 Å². The van der Waals surface area contributed by atoms with Crippen LogP contribution in [0.25, 0.3) is 0 Å². The van der Waals surface area contributed by atoms with Gasteiger partial charge < -0.3 is 0 Å². The fraction of sp³-hybridized carbons (Fsp3) is 0.867. The van der Waals surface area contributed by atoms with Gasteiger partial charge in [-0.2, -0.15) is 0 Å². The summed E-state index contributed by atoms with van der Waals surface area (Å²) in [4.78, 5) is 0. The molecule has 3 fully saturated rings. The Bertz CT molecular complexity index is 808. The number of rotatable bonds is 1. The monoisotopic (exact) mass is 408 g/mol. The Balaban J connectivity index is 1.59. The lowest BCUT2D eigenvalue weighted by molar-refractivity contribution is -0.106. The van der Waals surface area contributed by atoms with Gasteiger partial charge in [0.05, 0.1) is 0 Å². The van der Waals surface area contributed by atoms with Crippen molar-refractivity contribution in [2.45, 2.75) is 120 Å². The molecule has 0 aromatic rings. The van der Waals surface area contributed by atoms with Crippen LogP contribution in [0.1, 0.15) is 120 Å². The van der Waals surface area contributed by atoms with Gasteiger partial charge in [0, 0.05) is 0 Å². The molecule has 0 amide bonds. The molecule has 0 spiro atoms. The van der Waals surface area contributed by atoms with E-state index in [1.807, 2.05) is 16.7 Å². The van der Waals surface area contributed by atoms with E-state index in [0.717, 1.165) is 17.8 Å². The van der Waals surface area contributed by atoms with Gasteiger partial charge in [-0.25, -0.2) is 0 Å². The van der Waals surface area contributed by atoms with Crippen molar-refractivity contribution in [2.24, 2.45) is 44.8 Å². The van der Waals surface area contributed by atoms with Crippen LogP contribution in [0.3, 0.4) is 0 Å². The van der Waals surface area contributed by atoms with Gasteiger partial charge in [0.25, 0.3) is 0 Å². The molecule has 0 aliphatic heterocycles. The molecule has 0 N–H and O–H groups in total. The van der Waals surface area contributed by atoms with Crippen LogP contribution < -0.4 is 0 Å². The van der Waals surface area contributed by atoms with E-state index in [9.17, 15) is 0 Å². The summed E-state index contributed by atoms with van der Waals surface area (Å²) in [5, 5.41) is 0. The quantitative estimate of drug-likeness (QED) is 0.379. The largest absolute Gasteiger partial charge is 0.0841 e. The van der Waals surface area contributed by atoms with Gasteiger partial charge in [-0.05, 0) is 109 Å². The van der Waals surface area contributed by atoms with E-state index in [1.165, 1.54) is 64.2 Å². The number of fused-ring (bicyclic) bond motifs is 7. The van der Waals surface area contributed by atoms with Crippen molar-refractivity contribution in [1.29, 1.82) is 0 Å². The molecule has 5 rings (SSSR count). The highest BCUT2D eigenvalue weighted by Crippen LogP contribution is 2.74. The Kier molecular flexibility index (Phi) is 4.47. The number of hydrogen-bond acceptors (Lipinski definition) is 0. The average Bonchev–Trinajstić information content (AvgIpc) is 3.01. The first-order valence-corrected chi connectivity index (χ1v) is 13.3. The molecule has 0 aromatic carbocycles. The molecule has 3 saturated carbocycles. The third-order valence-electron chi connectivity index (χ3n) is 12.1. The lowest BCUT2D eigenvalue weighted by Gasteiger charge is -2.68. The van der Waals surface area contributed by atoms with E-state index in [0.29, 0.717) is 27.1 Å². The molecule has 30 heavy (non-hydrogen) atoms. The predicted molar refractivity (Wildman–Crippen MR) is 129 cm³/mol. The Morgan fingerprint density at radius 2 is 1.53 bits per heavy atom. The minimum atomic E-state index is 0.419. The second kappa shape index (κ2) is 6.29. The zero-order valence-corrected chi connectivity index (χ0v) is 21.4. The van der Waals surface area contributed by atoms with Gasteiger partial charge in [0.15, 0.2) is 0 Å². The van der Waals surface area contributed by atoms with Crippen molar-refractivity contribution >= 4 is 0 Å². The van der Waals surface area contributed by atoms with E-state index in [-0.39, 0.29) is 0 Å². The summed E-state index contributed by atoms with van der Waals surface area (Å²) >= 11 is 0. The Labute approximate surface area is 187 Å². The topological polar surface area (TPSA) is 0 Å². The van der Waals surface area contributed by atoms with Crippen LogP contribution in [0.4, 0.5) is 0 Å². The van der Waals surface area contributed by atoms with Crippen LogP contribution in [-0.4, -0.2) is 0 Å². The van der Waals surface area contributed by atoms with E-state index in [2.05, 4.69) is 61.5 Å². The molecule has 0 aromatic heterocycles. The van der Waals surface area contributed by atoms with Gasteiger partial charge in [-0.1, -0.05) is 78.2 Å². The molecule has 5 aliphatic carbocycles. The summed E-state index contributed by atoms with van der Waals surface area (Å²) in [5.74, 6) is 2.42. The van der Waals surface area contributed by atoms with Gasteiger partial charge >= 0.3 is 0 Å². The Hall–Kier alpha value is -0.520. The van der Waals surface area contributed by atoms with Crippen LogP contribution in [-0.2, 0) is 0 Å². The normalized spacial score (nSPS) is 49.8. The maximum atomic E-state index is 2.83. The summed E-state index contributed by atoms with van der Waals surface area (Å²) in [5.41, 5.74) is 8.10. The summed E-state index contributed by atoms with van der Waals surface area (Å²) in [6.07, 6.45) is 17.0. The zero-order valence-electron chi connectivity index (χ0n) is 21.4. The average molecular weight is 409 g/mol. The third kappa shape index (κ3) is 2.58. The summed E-state index contributed by atoms with van der Waals surface area (Å²) in [6.45, 7) is 20.8. The molecule has 0 heterocycles. The van der Waals surface area contributed by atoms with Crippen LogP contribution in [0, 0.1) is 44.8 Å². The van der Waals surface area contributed by atoms with Crippen LogP contribution in [0.15, 0.2) is 22.8 Å². The molecule has 168 valence electrons. The van der Waals surface area contributed by atoms with Crippen molar-refractivity contribution < 1.29 is 0 Å². The van der Waals surface area contributed by atoms with Gasteiger partial charge in [0.1, 0.15) is 0 Å². The first kappa shape index (κ1) is 21.3. The summed E-state index contributed by atoms with van der Waals surface area (Å²) in [6, 6.07) is 0. The lowest BCUT2D eigenvalue weighted by atomic mass is 9.36. The zero-order chi connectivity index (χ0) is 21.7. The summed E-state index contributed by atoms with van der Waals surface area (Å²) in [7, 11) is 0. The lowest BCUT2D eigenvalue weighted by Crippen LogP contribution is -2.59. The van der Waals surface area contributed by atoms with Crippen molar-refractivity contribution in [3.63, 3.8) is 0 Å². The third-order valence-corrected chi connectivity index (χ3v) is 12.1. The highest BCUT2D eigenvalue weighted by atomic mass is 14.7. The second-order valence-corrected chi connectivity index (χ2v) is 14.3. The highest BCUT2D eigenvalue weighted by molar-refractivity contribution is 5.39. The molecule has 0 radical (unpaired) electrons. The highest BCUT2D eigenvalue weighted by Gasteiger charge is 2.65. The fourth-order valence-corrected chi connectivity index (χ4v) is 9.75. The van der Waals surface area contributed by atoms with Crippen LogP contribution in [0.5, 0.6) is 0 Å². The smallest absolute Gasteiger partial charge is 0.00563 e. The first-order chi connectivity index (χ1) is 13.9. The van der Waals surface area contributed by atoms with Crippen molar-refractivity contribution in [1.82, 2.24) is 0 Å². The summed E-state index contributed by atoms with van der Waals surface area (Å²) < 4.78 is 0. The molecule has 0 nitrogen and oxygen atoms in total. The van der Waals surface area contributed by atoms with Crippen molar-refractivity contribution in [3.05, 3.63) is 22.8 Å². The van der Waals surface area contributed by atoms with E-state index in [4.69, 9.17) is 0 Å². The van der Waals surface area contributed by atoms with Gasteiger partial charge in [-0.15, -0.1) is 0 Å². The molecule has 0 bridgehead atoms. The molecule has 0 heteroatoms. The molecule has 0 unspecified atom stereocenters. The van der Waals surface area contributed by atoms with E-state index >= 15 is 0 Å². The van der Waals surface area contributed by atoms with Crippen molar-refractivity contribution in [2.75, 3.05) is 0 Å². The maximum absolute atomic E-state index is 2.83. The molecule has 6 atom stereocenters. The Morgan fingerprint density at radius 1 is 0.833 bits per heavy atom.